The van der Waals surface area contributed by atoms with Crippen molar-refractivity contribution in [1.29, 1.82) is 0 Å². The third-order valence-corrected chi connectivity index (χ3v) is 4.34. The number of nitrogens with one attached hydrogen (secondary N) is 1. The van der Waals surface area contributed by atoms with Gasteiger partial charge in [-0.05, 0) is 31.9 Å². The summed E-state index contributed by atoms with van der Waals surface area (Å²) in [5.74, 6) is 0.441. The number of para-hydroxylation sites is 1. The van der Waals surface area contributed by atoms with Gasteiger partial charge in [0.15, 0.2) is 5.96 Å². The van der Waals surface area contributed by atoms with Crippen molar-refractivity contribution in [2.24, 2.45) is 10.7 Å². The van der Waals surface area contributed by atoms with Gasteiger partial charge in [-0.2, -0.15) is 0 Å². The highest BCUT2D eigenvalue weighted by atomic mass is 127. The highest BCUT2D eigenvalue weighted by Gasteiger charge is 2.59. The van der Waals surface area contributed by atoms with Crippen molar-refractivity contribution in [2.75, 3.05) is 18.5 Å². The van der Waals surface area contributed by atoms with Gasteiger partial charge in [0, 0.05) is 25.3 Å². The van der Waals surface area contributed by atoms with E-state index in [1.165, 1.54) is 0 Å². The second-order valence-corrected chi connectivity index (χ2v) is 5.61. The summed E-state index contributed by atoms with van der Waals surface area (Å²) < 4.78 is 11.8. The topological polar surface area (TPSA) is 68.9 Å². The summed E-state index contributed by atoms with van der Waals surface area (Å²) in [7, 11) is 0. The second-order valence-electron chi connectivity index (χ2n) is 5.61. The Morgan fingerprint density at radius 3 is 2.86 bits per heavy atom. The van der Waals surface area contributed by atoms with E-state index in [2.05, 4.69) is 10.3 Å². The molecule has 0 radical (unpaired) electrons. The van der Waals surface area contributed by atoms with Crippen LogP contribution in [0.15, 0.2) is 35.3 Å². The first kappa shape index (κ1) is 17.5. The van der Waals surface area contributed by atoms with E-state index in [1.807, 2.05) is 37.3 Å². The molecule has 3 unspecified atom stereocenters. The SMILES string of the molecule is CCOC1CC(N=C(N)Nc2ccccc2)C12CCCO2.I. The standard InChI is InChI=1S/C16H23N3O2.HI/c1-2-20-14-11-13(16(14)9-6-10-21-16)19-15(17)18-12-7-4-3-5-8-12;/h3-5,7-8,13-14H,2,6,9-11H2,1H3,(H3,17,18,19);1H. The molecule has 122 valence electrons. The quantitative estimate of drug-likeness (QED) is 0.449. The van der Waals surface area contributed by atoms with Crippen molar-refractivity contribution in [2.45, 2.75) is 43.9 Å². The number of halogens is 1. The molecule has 1 heterocycles. The second kappa shape index (κ2) is 7.61. The Morgan fingerprint density at radius 1 is 1.45 bits per heavy atom. The fraction of sp³-hybridized carbons (Fsp3) is 0.562. The van der Waals surface area contributed by atoms with Crippen molar-refractivity contribution in [3.63, 3.8) is 0 Å². The van der Waals surface area contributed by atoms with Crippen LogP contribution in [0.25, 0.3) is 0 Å². The molecule has 0 bridgehead atoms. The molecular weight excluding hydrogens is 393 g/mol. The molecule has 2 fully saturated rings. The van der Waals surface area contributed by atoms with Crippen LogP contribution in [0.3, 0.4) is 0 Å². The molecule has 1 aromatic rings. The van der Waals surface area contributed by atoms with Crippen molar-refractivity contribution in [3.05, 3.63) is 30.3 Å². The van der Waals surface area contributed by atoms with E-state index in [1.54, 1.807) is 0 Å². The lowest BCUT2D eigenvalue weighted by molar-refractivity contribution is -0.188. The number of nitrogens with two attached hydrogens (primary N) is 1. The number of aliphatic imine (C=N–C) groups is 1. The Kier molecular flexibility index (Phi) is 6.05. The van der Waals surface area contributed by atoms with Gasteiger partial charge in [-0.15, -0.1) is 24.0 Å². The number of hydrogen-bond acceptors (Lipinski definition) is 3. The summed E-state index contributed by atoms with van der Waals surface area (Å²) in [5.41, 5.74) is 6.72. The molecule has 3 rings (SSSR count). The minimum Gasteiger partial charge on any atom is -0.375 e. The van der Waals surface area contributed by atoms with Crippen LogP contribution in [-0.4, -0.2) is 36.9 Å². The van der Waals surface area contributed by atoms with Crippen molar-refractivity contribution in [3.8, 4) is 0 Å². The van der Waals surface area contributed by atoms with E-state index in [0.717, 1.165) is 31.6 Å². The van der Waals surface area contributed by atoms with Gasteiger partial charge < -0.3 is 20.5 Å². The number of rotatable bonds is 4. The third kappa shape index (κ3) is 3.38. The molecule has 22 heavy (non-hydrogen) atoms. The van der Waals surface area contributed by atoms with Gasteiger partial charge >= 0.3 is 0 Å². The van der Waals surface area contributed by atoms with E-state index < -0.39 is 0 Å². The number of benzene rings is 1. The predicted molar refractivity (Wildman–Crippen MR) is 98.8 cm³/mol. The van der Waals surface area contributed by atoms with Gasteiger partial charge in [0.25, 0.3) is 0 Å². The van der Waals surface area contributed by atoms with Gasteiger partial charge in [-0.3, -0.25) is 0 Å². The fourth-order valence-corrected chi connectivity index (χ4v) is 3.30. The van der Waals surface area contributed by atoms with Crippen LogP contribution in [0.2, 0.25) is 0 Å². The van der Waals surface area contributed by atoms with E-state index in [9.17, 15) is 0 Å². The molecule has 1 saturated heterocycles. The maximum atomic E-state index is 6.03. The maximum Gasteiger partial charge on any atom is 0.193 e. The molecule has 2 aliphatic rings. The summed E-state index contributed by atoms with van der Waals surface area (Å²) in [6.45, 7) is 3.52. The van der Waals surface area contributed by atoms with Crippen LogP contribution < -0.4 is 11.1 Å². The smallest absolute Gasteiger partial charge is 0.193 e. The van der Waals surface area contributed by atoms with Gasteiger partial charge in [0.1, 0.15) is 5.60 Å². The summed E-state index contributed by atoms with van der Waals surface area (Å²) in [4.78, 5) is 4.62. The maximum absolute atomic E-state index is 6.03. The molecule has 0 aromatic heterocycles. The lowest BCUT2D eigenvalue weighted by Crippen LogP contribution is -2.63. The normalized spacial score (nSPS) is 30.7. The molecule has 6 heteroatoms. The number of anilines is 1. The molecule has 1 aliphatic carbocycles. The zero-order chi connectivity index (χ0) is 14.7. The average molecular weight is 417 g/mol. The Labute approximate surface area is 148 Å². The fourth-order valence-electron chi connectivity index (χ4n) is 3.30. The van der Waals surface area contributed by atoms with Crippen molar-refractivity contribution in [1.82, 2.24) is 0 Å². The molecule has 5 nitrogen and oxygen atoms in total. The number of ether oxygens (including phenoxy) is 2. The minimum atomic E-state index is -0.251. The molecular formula is C16H24IN3O2. The van der Waals surface area contributed by atoms with Crippen molar-refractivity contribution >= 4 is 35.6 Å². The van der Waals surface area contributed by atoms with Gasteiger partial charge in [0.2, 0.25) is 0 Å². The van der Waals surface area contributed by atoms with Crippen LogP contribution in [0.4, 0.5) is 5.69 Å². The zero-order valence-corrected chi connectivity index (χ0v) is 15.2. The molecule has 3 N–H and O–H groups in total. The van der Waals surface area contributed by atoms with Crippen molar-refractivity contribution < 1.29 is 9.47 Å². The van der Waals surface area contributed by atoms with Crippen LogP contribution in [-0.2, 0) is 9.47 Å². The highest BCUT2D eigenvalue weighted by Crippen LogP contribution is 2.47. The number of nitrogens with zero attached hydrogens (tertiary/aromatic N) is 1. The zero-order valence-electron chi connectivity index (χ0n) is 12.8. The van der Waals surface area contributed by atoms with E-state index in [-0.39, 0.29) is 41.7 Å². The van der Waals surface area contributed by atoms with Gasteiger partial charge in [-0.1, -0.05) is 18.2 Å². The Morgan fingerprint density at radius 2 is 2.23 bits per heavy atom. The molecule has 1 spiro atoms. The molecule has 3 atom stereocenters. The average Bonchev–Trinajstić information content (AvgIpc) is 3.00. The molecule has 1 saturated carbocycles. The van der Waals surface area contributed by atoms with E-state index >= 15 is 0 Å². The first-order valence-corrected chi connectivity index (χ1v) is 7.65. The minimum absolute atomic E-state index is 0. The number of hydrogen-bond donors (Lipinski definition) is 2. The van der Waals surface area contributed by atoms with Crippen LogP contribution in [0.1, 0.15) is 26.2 Å². The highest BCUT2D eigenvalue weighted by molar-refractivity contribution is 14.0. The van der Waals surface area contributed by atoms with Gasteiger partial charge in [0.05, 0.1) is 12.1 Å². The van der Waals surface area contributed by atoms with Crippen LogP contribution >= 0.6 is 24.0 Å². The summed E-state index contributed by atoms with van der Waals surface area (Å²) >= 11 is 0. The Hall–Kier alpha value is -0.860. The lowest BCUT2D eigenvalue weighted by atomic mass is 9.70. The lowest BCUT2D eigenvalue weighted by Gasteiger charge is -2.50. The molecule has 1 aliphatic heterocycles. The first-order chi connectivity index (χ1) is 10.2. The molecule has 1 aromatic carbocycles. The van der Waals surface area contributed by atoms with Crippen LogP contribution in [0, 0.1) is 0 Å². The third-order valence-electron chi connectivity index (χ3n) is 4.34. The Bertz CT molecular complexity index is 503. The largest absolute Gasteiger partial charge is 0.375 e. The predicted octanol–water partition coefficient (Wildman–Crippen LogP) is 2.76. The van der Waals surface area contributed by atoms with Gasteiger partial charge in [-0.25, -0.2) is 4.99 Å². The van der Waals surface area contributed by atoms with Crippen LogP contribution in [0.5, 0.6) is 0 Å². The first-order valence-electron chi connectivity index (χ1n) is 7.65. The monoisotopic (exact) mass is 417 g/mol. The molecule has 0 amide bonds. The number of guanidine groups is 1. The summed E-state index contributed by atoms with van der Waals surface area (Å²) in [6.07, 6.45) is 3.11. The summed E-state index contributed by atoms with van der Waals surface area (Å²) in [5, 5.41) is 3.13. The summed E-state index contributed by atoms with van der Waals surface area (Å²) in [6, 6.07) is 9.92. The Balaban J connectivity index is 0.00000176. The van der Waals surface area contributed by atoms with E-state index in [4.69, 9.17) is 15.2 Å². The van der Waals surface area contributed by atoms with E-state index in [0.29, 0.717) is 12.6 Å².